The summed E-state index contributed by atoms with van der Waals surface area (Å²) in [4.78, 5) is 0. The van der Waals surface area contributed by atoms with Crippen LogP contribution in [-0.2, 0) is 0 Å². The maximum absolute atomic E-state index is 5.91. The Morgan fingerprint density at radius 2 is 1.79 bits per heavy atom. The molecule has 0 radical (unpaired) electrons. The molecule has 1 rings (SSSR count). The minimum atomic E-state index is 0.0706. The Balaban J connectivity index is 2.66. The van der Waals surface area contributed by atoms with Gasteiger partial charge in [-0.15, -0.1) is 0 Å². The quantitative estimate of drug-likeness (QED) is 0.720. The number of aryl methyl sites for hydroxylation is 2. The van der Waals surface area contributed by atoms with Crippen LogP contribution >= 0.6 is 0 Å². The smallest absolute Gasteiger partial charge is 0.0742 e. The van der Waals surface area contributed by atoms with Crippen LogP contribution in [0.1, 0.15) is 30.9 Å². The van der Waals surface area contributed by atoms with Gasteiger partial charge < -0.3 is 11.1 Å². The first kappa shape index (κ1) is 11.1. The van der Waals surface area contributed by atoms with Crippen LogP contribution in [0.15, 0.2) is 18.2 Å². The summed E-state index contributed by atoms with van der Waals surface area (Å²) in [6.45, 7) is 6.34. The van der Waals surface area contributed by atoms with Gasteiger partial charge in [0.25, 0.3) is 0 Å². The third-order valence-electron chi connectivity index (χ3n) is 2.17. The molecule has 0 amide bonds. The van der Waals surface area contributed by atoms with Crippen LogP contribution in [0.5, 0.6) is 0 Å². The van der Waals surface area contributed by atoms with E-state index in [1.165, 1.54) is 11.1 Å². The average molecular weight is 192 g/mol. The van der Waals surface area contributed by atoms with E-state index in [1.807, 2.05) is 0 Å². The minimum Gasteiger partial charge on any atom is -0.370 e. The first-order chi connectivity index (χ1) is 6.61. The van der Waals surface area contributed by atoms with Gasteiger partial charge in [-0.25, -0.2) is 0 Å². The van der Waals surface area contributed by atoms with E-state index in [9.17, 15) is 0 Å². The largest absolute Gasteiger partial charge is 0.370 e. The molecular formula is C12H20N2. The zero-order valence-electron chi connectivity index (χ0n) is 9.30. The molecule has 0 heterocycles. The van der Waals surface area contributed by atoms with Gasteiger partial charge in [-0.05, 0) is 43.5 Å². The van der Waals surface area contributed by atoms with Crippen molar-refractivity contribution in [1.29, 1.82) is 0 Å². The Hall–Kier alpha value is -1.02. The summed E-state index contributed by atoms with van der Waals surface area (Å²) in [6.07, 6.45) is 2.19. The molecule has 1 aromatic rings. The third-order valence-corrected chi connectivity index (χ3v) is 2.17. The lowest BCUT2D eigenvalue weighted by Gasteiger charge is -2.15. The Morgan fingerprint density at radius 3 is 2.29 bits per heavy atom. The van der Waals surface area contributed by atoms with Crippen molar-refractivity contribution in [1.82, 2.24) is 0 Å². The predicted octanol–water partition coefficient (Wildman–Crippen LogP) is 2.80. The maximum atomic E-state index is 5.91. The number of rotatable bonds is 4. The van der Waals surface area contributed by atoms with Crippen molar-refractivity contribution >= 4 is 5.69 Å². The molecule has 2 heteroatoms. The molecule has 3 N–H and O–H groups in total. The van der Waals surface area contributed by atoms with Crippen molar-refractivity contribution in [2.24, 2.45) is 5.73 Å². The molecule has 1 unspecified atom stereocenters. The van der Waals surface area contributed by atoms with E-state index in [0.717, 1.165) is 18.5 Å². The molecule has 1 aromatic carbocycles. The summed E-state index contributed by atoms with van der Waals surface area (Å²) in [5.41, 5.74) is 9.58. The fraction of sp³-hybridized carbons (Fsp3) is 0.500. The molecule has 0 fully saturated rings. The molecule has 0 aromatic heterocycles. The Morgan fingerprint density at radius 1 is 1.21 bits per heavy atom. The molecular weight excluding hydrogens is 172 g/mol. The van der Waals surface area contributed by atoms with Gasteiger partial charge in [-0.1, -0.05) is 19.4 Å². The summed E-state index contributed by atoms with van der Waals surface area (Å²) in [5, 5.41) is 3.30. The lowest BCUT2D eigenvalue weighted by atomic mass is 10.1. The van der Waals surface area contributed by atoms with Gasteiger partial charge in [-0.2, -0.15) is 0 Å². The molecule has 78 valence electrons. The molecule has 0 saturated heterocycles. The van der Waals surface area contributed by atoms with E-state index < -0.39 is 0 Å². The van der Waals surface area contributed by atoms with Crippen molar-refractivity contribution in [2.45, 2.75) is 39.8 Å². The van der Waals surface area contributed by atoms with Crippen molar-refractivity contribution in [3.63, 3.8) is 0 Å². The molecule has 0 aliphatic carbocycles. The van der Waals surface area contributed by atoms with Gasteiger partial charge in [0.15, 0.2) is 0 Å². The number of anilines is 1. The second-order valence-corrected chi connectivity index (χ2v) is 3.92. The Labute approximate surface area is 86.5 Å². The SMILES string of the molecule is CCCC(N)Nc1cc(C)cc(C)c1. The van der Waals surface area contributed by atoms with Crippen LogP contribution in [0.4, 0.5) is 5.69 Å². The average Bonchev–Trinajstić information content (AvgIpc) is 2.01. The number of hydrogen-bond acceptors (Lipinski definition) is 2. The first-order valence-corrected chi connectivity index (χ1v) is 5.22. The van der Waals surface area contributed by atoms with Gasteiger partial charge in [0.05, 0.1) is 6.17 Å². The number of hydrogen-bond donors (Lipinski definition) is 2. The predicted molar refractivity (Wildman–Crippen MR) is 62.4 cm³/mol. The van der Waals surface area contributed by atoms with Crippen molar-refractivity contribution in [2.75, 3.05) is 5.32 Å². The van der Waals surface area contributed by atoms with Gasteiger partial charge in [0, 0.05) is 5.69 Å². The second kappa shape index (κ2) is 5.01. The van der Waals surface area contributed by atoms with Crippen LogP contribution in [0, 0.1) is 13.8 Å². The van der Waals surface area contributed by atoms with Gasteiger partial charge in [0.1, 0.15) is 0 Å². The highest BCUT2D eigenvalue weighted by Gasteiger charge is 2.01. The normalized spacial score (nSPS) is 12.6. The van der Waals surface area contributed by atoms with Crippen molar-refractivity contribution < 1.29 is 0 Å². The summed E-state index contributed by atoms with van der Waals surface area (Å²) in [5.74, 6) is 0. The lowest BCUT2D eigenvalue weighted by Crippen LogP contribution is -2.29. The van der Waals surface area contributed by atoms with E-state index in [4.69, 9.17) is 5.73 Å². The number of nitrogens with one attached hydrogen (secondary N) is 1. The van der Waals surface area contributed by atoms with Crippen LogP contribution in [0.3, 0.4) is 0 Å². The number of nitrogens with two attached hydrogens (primary N) is 1. The summed E-state index contributed by atoms with van der Waals surface area (Å²) in [6, 6.07) is 6.42. The topological polar surface area (TPSA) is 38.0 Å². The van der Waals surface area contributed by atoms with Crippen LogP contribution in [-0.4, -0.2) is 6.17 Å². The molecule has 0 aliphatic heterocycles. The van der Waals surface area contributed by atoms with Crippen LogP contribution < -0.4 is 11.1 Å². The van der Waals surface area contributed by atoms with E-state index in [0.29, 0.717) is 0 Å². The molecule has 1 atom stereocenters. The van der Waals surface area contributed by atoms with E-state index in [-0.39, 0.29) is 6.17 Å². The Kier molecular flexibility index (Phi) is 3.96. The summed E-state index contributed by atoms with van der Waals surface area (Å²) in [7, 11) is 0. The fourth-order valence-electron chi connectivity index (χ4n) is 1.66. The Bertz CT molecular complexity index is 274. The second-order valence-electron chi connectivity index (χ2n) is 3.92. The highest BCUT2D eigenvalue weighted by atomic mass is 15.0. The number of benzene rings is 1. The maximum Gasteiger partial charge on any atom is 0.0742 e. The molecule has 2 nitrogen and oxygen atoms in total. The summed E-state index contributed by atoms with van der Waals surface area (Å²) >= 11 is 0. The zero-order chi connectivity index (χ0) is 10.6. The van der Waals surface area contributed by atoms with Crippen molar-refractivity contribution in [3.05, 3.63) is 29.3 Å². The van der Waals surface area contributed by atoms with Crippen LogP contribution in [0.25, 0.3) is 0 Å². The van der Waals surface area contributed by atoms with E-state index in [2.05, 4.69) is 44.3 Å². The molecule has 0 aliphatic rings. The molecule has 0 bridgehead atoms. The monoisotopic (exact) mass is 192 g/mol. The lowest BCUT2D eigenvalue weighted by molar-refractivity contribution is 0.665. The van der Waals surface area contributed by atoms with Gasteiger partial charge >= 0.3 is 0 Å². The molecule has 14 heavy (non-hydrogen) atoms. The van der Waals surface area contributed by atoms with Crippen LogP contribution in [0.2, 0.25) is 0 Å². The van der Waals surface area contributed by atoms with Gasteiger partial charge in [-0.3, -0.25) is 0 Å². The van der Waals surface area contributed by atoms with E-state index in [1.54, 1.807) is 0 Å². The standard InChI is InChI=1S/C12H20N2/c1-4-5-12(13)14-11-7-9(2)6-10(3)8-11/h6-8,12,14H,4-5,13H2,1-3H3. The molecule has 0 saturated carbocycles. The highest BCUT2D eigenvalue weighted by Crippen LogP contribution is 2.14. The minimum absolute atomic E-state index is 0.0706. The van der Waals surface area contributed by atoms with E-state index >= 15 is 0 Å². The fourth-order valence-corrected chi connectivity index (χ4v) is 1.66. The third kappa shape index (κ3) is 3.38. The van der Waals surface area contributed by atoms with Crippen molar-refractivity contribution in [3.8, 4) is 0 Å². The highest BCUT2D eigenvalue weighted by molar-refractivity contribution is 5.48. The summed E-state index contributed by atoms with van der Waals surface area (Å²) < 4.78 is 0. The zero-order valence-corrected chi connectivity index (χ0v) is 9.30. The van der Waals surface area contributed by atoms with Gasteiger partial charge in [0.2, 0.25) is 0 Å². The molecule has 0 spiro atoms. The first-order valence-electron chi connectivity index (χ1n) is 5.22.